The van der Waals surface area contributed by atoms with Crippen LogP contribution in [0.25, 0.3) is 0 Å². The van der Waals surface area contributed by atoms with E-state index in [2.05, 4.69) is 0 Å². The highest BCUT2D eigenvalue weighted by atomic mass is 16.7. The van der Waals surface area contributed by atoms with Crippen molar-refractivity contribution in [2.24, 2.45) is 5.73 Å². The lowest BCUT2D eigenvalue weighted by Gasteiger charge is -2.37. The van der Waals surface area contributed by atoms with Crippen molar-refractivity contribution in [3.8, 4) is 5.75 Å². The maximum absolute atomic E-state index is 5.74. The van der Waals surface area contributed by atoms with Gasteiger partial charge in [-0.2, -0.15) is 0 Å². The lowest BCUT2D eigenvalue weighted by atomic mass is 10.0. The predicted octanol–water partition coefficient (Wildman–Crippen LogP) is 1.55. The van der Waals surface area contributed by atoms with Crippen molar-refractivity contribution in [3.63, 3.8) is 0 Å². The minimum atomic E-state index is -0.701. The predicted molar refractivity (Wildman–Crippen MR) is 65.0 cm³/mol. The molecule has 0 saturated carbocycles. The Morgan fingerprint density at radius 2 is 2.00 bits per heavy atom. The first-order chi connectivity index (χ1) is 8.05. The number of nitrogens with two attached hydrogens (primary N) is 1. The Morgan fingerprint density at radius 1 is 1.35 bits per heavy atom. The summed E-state index contributed by atoms with van der Waals surface area (Å²) in [6.45, 7) is 4.95. The number of ether oxygens (including phenoxy) is 3. The molecule has 0 bridgehead atoms. The zero-order valence-corrected chi connectivity index (χ0v) is 10.5. The van der Waals surface area contributed by atoms with Crippen LogP contribution in [0.2, 0.25) is 0 Å². The standard InChI is InChI=1S/C13H19NO3/c1-9-6-10(4-5-12(9)15-3)13(2)16-7-11(14)8-17-13/h4-6,11H,7-8,14H2,1-3H3. The summed E-state index contributed by atoms with van der Waals surface area (Å²) in [7, 11) is 1.66. The van der Waals surface area contributed by atoms with Gasteiger partial charge in [0.25, 0.3) is 0 Å². The molecule has 0 amide bonds. The largest absolute Gasteiger partial charge is 0.496 e. The third-order valence-corrected chi connectivity index (χ3v) is 3.06. The van der Waals surface area contributed by atoms with Crippen LogP contribution >= 0.6 is 0 Å². The summed E-state index contributed by atoms with van der Waals surface area (Å²) in [4.78, 5) is 0. The Bertz CT molecular complexity index is 398. The number of aryl methyl sites for hydroxylation is 1. The van der Waals surface area contributed by atoms with Crippen molar-refractivity contribution in [2.75, 3.05) is 20.3 Å². The summed E-state index contributed by atoms with van der Waals surface area (Å²) in [5, 5.41) is 0. The third kappa shape index (κ3) is 2.44. The van der Waals surface area contributed by atoms with Crippen LogP contribution in [0.4, 0.5) is 0 Å². The second kappa shape index (κ2) is 4.64. The maximum atomic E-state index is 5.74. The van der Waals surface area contributed by atoms with Gasteiger partial charge in [-0.25, -0.2) is 0 Å². The van der Waals surface area contributed by atoms with Crippen LogP contribution in [0.5, 0.6) is 5.75 Å². The van der Waals surface area contributed by atoms with Crippen LogP contribution in [0.1, 0.15) is 18.1 Å². The Labute approximate surface area is 102 Å². The number of hydrogen-bond donors (Lipinski definition) is 1. The number of rotatable bonds is 2. The van der Waals surface area contributed by atoms with E-state index in [4.69, 9.17) is 19.9 Å². The van der Waals surface area contributed by atoms with E-state index in [1.165, 1.54) is 0 Å². The van der Waals surface area contributed by atoms with E-state index in [0.29, 0.717) is 13.2 Å². The van der Waals surface area contributed by atoms with Gasteiger partial charge in [0.05, 0.1) is 26.4 Å². The van der Waals surface area contributed by atoms with Crippen molar-refractivity contribution in [2.45, 2.75) is 25.7 Å². The molecule has 1 heterocycles. The summed E-state index contributed by atoms with van der Waals surface area (Å²) in [5.41, 5.74) is 7.79. The Hall–Kier alpha value is -1.10. The van der Waals surface area contributed by atoms with Gasteiger partial charge >= 0.3 is 0 Å². The SMILES string of the molecule is COc1ccc(C2(C)OCC(N)CO2)cc1C. The molecule has 0 aromatic heterocycles. The van der Waals surface area contributed by atoms with Gasteiger partial charge in [-0.1, -0.05) is 0 Å². The van der Waals surface area contributed by atoms with Crippen LogP contribution in [0, 0.1) is 6.92 Å². The first-order valence-corrected chi connectivity index (χ1v) is 5.74. The first kappa shape index (κ1) is 12.4. The van der Waals surface area contributed by atoms with E-state index in [1.807, 2.05) is 32.0 Å². The van der Waals surface area contributed by atoms with E-state index in [-0.39, 0.29) is 6.04 Å². The Kier molecular flexibility index (Phi) is 3.38. The minimum Gasteiger partial charge on any atom is -0.496 e. The zero-order valence-electron chi connectivity index (χ0n) is 10.5. The molecule has 2 N–H and O–H groups in total. The maximum Gasteiger partial charge on any atom is 0.192 e. The fraction of sp³-hybridized carbons (Fsp3) is 0.538. The lowest BCUT2D eigenvalue weighted by Crippen LogP contribution is -2.46. The Morgan fingerprint density at radius 3 is 2.53 bits per heavy atom. The smallest absolute Gasteiger partial charge is 0.192 e. The highest BCUT2D eigenvalue weighted by molar-refractivity contribution is 5.37. The summed E-state index contributed by atoms with van der Waals surface area (Å²) in [6.07, 6.45) is 0. The van der Waals surface area contributed by atoms with Crippen molar-refractivity contribution in [1.82, 2.24) is 0 Å². The van der Waals surface area contributed by atoms with Crippen molar-refractivity contribution in [1.29, 1.82) is 0 Å². The number of benzene rings is 1. The molecule has 94 valence electrons. The molecule has 0 radical (unpaired) electrons. The van der Waals surface area contributed by atoms with Gasteiger partial charge in [-0.3, -0.25) is 0 Å². The minimum absolute atomic E-state index is 0.0394. The molecule has 17 heavy (non-hydrogen) atoms. The van der Waals surface area contributed by atoms with Crippen molar-refractivity contribution in [3.05, 3.63) is 29.3 Å². The molecule has 4 nitrogen and oxygen atoms in total. The van der Waals surface area contributed by atoms with Gasteiger partial charge in [-0.05, 0) is 37.6 Å². The molecule has 1 aliphatic rings. The second-order valence-corrected chi connectivity index (χ2v) is 4.51. The van der Waals surface area contributed by atoms with Crippen LogP contribution in [0.15, 0.2) is 18.2 Å². The quantitative estimate of drug-likeness (QED) is 0.848. The highest BCUT2D eigenvalue weighted by Crippen LogP contribution is 2.32. The first-order valence-electron chi connectivity index (χ1n) is 5.74. The molecule has 0 unspecified atom stereocenters. The normalized spacial score (nSPS) is 29.1. The molecule has 0 atom stereocenters. The third-order valence-electron chi connectivity index (χ3n) is 3.06. The Balaban J connectivity index is 2.24. The molecule has 1 aromatic carbocycles. The van der Waals surface area contributed by atoms with E-state index < -0.39 is 5.79 Å². The van der Waals surface area contributed by atoms with Crippen molar-refractivity contribution >= 4 is 0 Å². The van der Waals surface area contributed by atoms with Crippen molar-refractivity contribution < 1.29 is 14.2 Å². The molecule has 1 aromatic rings. The highest BCUT2D eigenvalue weighted by Gasteiger charge is 2.34. The number of hydrogen-bond acceptors (Lipinski definition) is 4. The average Bonchev–Trinajstić information content (AvgIpc) is 2.33. The molecule has 0 aliphatic carbocycles. The van der Waals surface area contributed by atoms with Gasteiger partial charge in [0.2, 0.25) is 0 Å². The molecular formula is C13H19NO3. The van der Waals surface area contributed by atoms with Gasteiger partial charge < -0.3 is 19.9 Å². The van der Waals surface area contributed by atoms with E-state index >= 15 is 0 Å². The van der Waals surface area contributed by atoms with E-state index in [0.717, 1.165) is 16.9 Å². The molecule has 4 heteroatoms. The molecule has 0 spiro atoms. The molecule has 1 aliphatic heterocycles. The monoisotopic (exact) mass is 237 g/mol. The molecule has 1 fully saturated rings. The lowest BCUT2D eigenvalue weighted by molar-refractivity contribution is -0.270. The van der Waals surface area contributed by atoms with E-state index in [1.54, 1.807) is 7.11 Å². The fourth-order valence-corrected chi connectivity index (χ4v) is 1.95. The summed E-state index contributed by atoms with van der Waals surface area (Å²) in [6, 6.07) is 5.87. The van der Waals surface area contributed by atoms with Crippen LogP contribution in [-0.4, -0.2) is 26.4 Å². The fourth-order valence-electron chi connectivity index (χ4n) is 1.95. The summed E-state index contributed by atoms with van der Waals surface area (Å²) < 4.78 is 16.6. The van der Waals surface area contributed by atoms with Gasteiger partial charge in [0.1, 0.15) is 5.75 Å². The summed E-state index contributed by atoms with van der Waals surface area (Å²) in [5.74, 6) is 0.164. The second-order valence-electron chi connectivity index (χ2n) is 4.51. The topological polar surface area (TPSA) is 53.7 Å². The average molecular weight is 237 g/mol. The molecule has 1 saturated heterocycles. The van der Waals surface area contributed by atoms with Crippen LogP contribution < -0.4 is 10.5 Å². The van der Waals surface area contributed by atoms with E-state index in [9.17, 15) is 0 Å². The van der Waals surface area contributed by atoms with Crippen LogP contribution in [0.3, 0.4) is 0 Å². The van der Waals surface area contributed by atoms with Crippen LogP contribution in [-0.2, 0) is 15.3 Å². The van der Waals surface area contributed by atoms with Gasteiger partial charge in [0, 0.05) is 5.56 Å². The zero-order chi connectivity index (χ0) is 12.5. The molecular weight excluding hydrogens is 218 g/mol. The molecule has 2 rings (SSSR count). The van der Waals surface area contributed by atoms with Gasteiger partial charge in [0.15, 0.2) is 5.79 Å². The number of methoxy groups -OCH3 is 1. The van der Waals surface area contributed by atoms with Gasteiger partial charge in [-0.15, -0.1) is 0 Å². The summed E-state index contributed by atoms with van der Waals surface area (Å²) >= 11 is 0.